The maximum atomic E-state index is 10.5. The van der Waals surface area contributed by atoms with E-state index in [9.17, 15) is 10.1 Å². The van der Waals surface area contributed by atoms with E-state index in [1.54, 1.807) is 11.8 Å². The summed E-state index contributed by atoms with van der Waals surface area (Å²) in [4.78, 5) is 18.1. The lowest BCUT2D eigenvalue weighted by molar-refractivity contribution is -0.404. The number of thiazole rings is 1. The number of nitro groups is 1. The summed E-state index contributed by atoms with van der Waals surface area (Å²) in [6.45, 7) is 0.763. The van der Waals surface area contributed by atoms with Gasteiger partial charge in [0.2, 0.25) is 5.13 Å². The van der Waals surface area contributed by atoms with Crippen LogP contribution in [0.2, 0.25) is 0 Å². The summed E-state index contributed by atoms with van der Waals surface area (Å²) < 4.78 is 0. The van der Waals surface area contributed by atoms with Crippen molar-refractivity contribution >= 4 is 34.2 Å². The van der Waals surface area contributed by atoms with E-state index in [1.165, 1.54) is 11.3 Å². The summed E-state index contributed by atoms with van der Waals surface area (Å²) in [5, 5.41) is 18.6. The molecule has 6 N–H and O–H groups in total. The van der Waals surface area contributed by atoms with Crippen molar-refractivity contribution in [1.82, 2.24) is 15.6 Å². The second-order valence-corrected chi connectivity index (χ2v) is 5.96. The Morgan fingerprint density at radius 1 is 1.61 bits per heavy atom. The molecule has 0 aromatic carbocycles. The summed E-state index contributed by atoms with van der Waals surface area (Å²) in [6.07, 6.45) is 5.96. The van der Waals surface area contributed by atoms with E-state index in [-0.39, 0.29) is 18.3 Å². The first-order chi connectivity index (χ1) is 11.0. The van der Waals surface area contributed by atoms with Crippen molar-refractivity contribution < 1.29 is 4.92 Å². The molecular weight excluding hydrogens is 338 g/mol. The van der Waals surface area contributed by atoms with Crippen molar-refractivity contribution in [3.8, 4) is 12.3 Å². The third-order valence-corrected chi connectivity index (χ3v) is 3.97. The van der Waals surface area contributed by atoms with E-state index in [1.807, 2.05) is 5.38 Å². The molecule has 0 radical (unpaired) electrons. The molecule has 0 aliphatic rings. The number of nitrogens with zero attached hydrogens (tertiary/aromatic N) is 3. The number of nitrogens with one attached hydrogen (secondary N) is 2. The molecule has 0 spiro atoms. The minimum Gasteiger partial charge on any atom is -0.370 e. The van der Waals surface area contributed by atoms with Crippen LogP contribution < -0.4 is 22.1 Å². The molecule has 1 aromatic rings. The zero-order valence-corrected chi connectivity index (χ0v) is 13.8. The van der Waals surface area contributed by atoms with Gasteiger partial charge in [-0.25, -0.2) is 4.98 Å². The van der Waals surface area contributed by atoms with Crippen LogP contribution in [-0.4, -0.2) is 34.7 Å². The molecule has 9 nitrogen and oxygen atoms in total. The molecule has 124 valence electrons. The quantitative estimate of drug-likeness (QED) is 0.116. The smallest absolute Gasteiger partial charge is 0.274 e. The Kier molecular flexibility index (Phi) is 8.33. The highest BCUT2D eigenvalue weighted by molar-refractivity contribution is 7.98. The fraction of sp³-hybridized carbons (Fsp3) is 0.333. The minimum atomic E-state index is -0.542. The molecule has 0 saturated heterocycles. The van der Waals surface area contributed by atoms with Gasteiger partial charge in [0.25, 0.3) is 6.20 Å². The summed E-state index contributed by atoms with van der Waals surface area (Å²) in [5.41, 5.74) is 11.4. The number of thioether (sulfide) groups is 1. The number of hydrogen-bond acceptors (Lipinski definition) is 8. The van der Waals surface area contributed by atoms with E-state index in [4.69, 9.17) is 17.9 Å². The van der Waals surface area contributed by atoms with Crippen LogP contribution in [0.5, 0.6) is 0 Å². The van der Waals surface area contributed by atoms with E-state index in [0.29, 0.717) is 17.4 Å². The van der Waals surface area contributed by atoms with Crippen LogP contribution in [0, 0.1) is 22.5 Å². The van der Waals surface area contributed by atoms with Gasteiger partial charge >= 0.3 is 0 Å². The number of hydrogen-bond donors (Lipinski definition) is 4. The number of rotatable bonds is 10. The summed E-state index contributed by atoms with van der Waals surface area (Å²) >= 11 is 2.99. The highest BCUT2D eigenvalue weighted by Gasteiger charge is 2.03. The maximum Gasteiger partial charge on any atom is 0.274 e. The topological polar surface area (TPSA) is 144 Å². The average Bonchev–Trinajstić information content (AvgIpc) is 2.90. The number of terminal acetylenes is 1. The van der Waals surface area contributed by atoms with Gasteiger partial charge in [0.05, 0.1) is 17.2 Å². The predicted octanol–water partition coefficient (Wildman–Crippen LogP) is 0.169. The zero-order valence-electron chi connectivity index (χ0n) is 12.2. The Hall–Kier alpha value is -2.45. The van der Waals surface area contributed by atoms with E-state index in [0.717, 1.165) is 17.6 Å². The zero-order chi connectivity index (χ0) is 17.1. The van der Waals surface area contributed by atoms with Gasteiger partial charge in [0.1, 0.15) is 0 Å². The lowest BCUT2D eigenvalue weighted by Gasteiger charge is -2.08. The van der Waals surface area contributed by atoms with Gasteiger partial charge in [-0.15, -0.1) is 17.8 Å². The third-order valence-electron chi connectivity index (χ3n) is 2.19. The molecule has 0 aliphatic carbocycles. The standard InChI is InChI=1S/C12H17N7O2S2/c1-2-3-15-10(6-19(20)21)16-4-5-22-7-9-8-23-12(17-9)18-11(13)14/h1,6,8,15-16H,3-5,7H2,(H4,13,14,17,18). The predicted molar refractivity (Wildman–Crippen MR) is 93.7 cm³/mol. The minimum absolute atomic E-state index is 0.0210. The van der Waals surface area contributed by atoms with Gasteiger partial charge < -0.3 is 22.1 Å². The highest BCUT2D eigenvalue weighted by atomic mass is 32.2. The molecule has 0 saturated carbocycles. The molecule has 1 heterocycles. The number of guanidine groups is 1. The Balaban J connectivity index is 2.31. The molecule has 23 heavy (non-hydrogen) atoms. The van der Waals surface area contributed by atoms with Crippen LogP contribution in [0.1, 0.15) is 5.69 Å². The third kappa shape index (κ3) is 8.54. The van der Waals surface area contributed by atoms with Crippen molar-refractivity contribution in [2.24, 2.45) is 16.5 Å². The Morgan fingerprint density at radius 3 is 3.04 bits per heavy atom. The van der Waals surface area contributed by atoms with Crippen LogP contribution in [0.25, 0.3) is 0 Å². The van der Waals surface area contributed by atoms with Gasteiger partial charge in [-0.2, -0.15) is 16.8 Å². The largest absolute Gasteiger partial charge is 0.370 e. The SMILES string of the molecule is C#CCNC(=C[N+](=O)[O-])NCCSCc1csc(N=C(N)N)n1. The van der Waals surface area contributed by atoms with E-state index in [2.05, 4.69) is 26.5 Å². The fourth-order valence-electron chi connectivity index (χ4n) is 1.36. The van der Waals surface area contributed by atoms with Crippen LogP contribution >= 0.6 is 23.1 Å². The highest BCUT2D eigenvalue weighted by Crippen LogP contribution is 2.21. The molecule has 1 aromatic heterocycles. The number of aliphatic imine (C=N–C) groups is 1. The number of nitrogens with two attached hydrogens (primary N) is 2. The summed E-state index contributed by atoms with van der Waals surface area (Å²) in [5.74, 6) is 4.06. The molecular formula is C12H17N7O2S2. The van der Waals surface area contributed by atoms with E-state index < -0.39 is 4.92 Å². The fourth-order valence-corrected chi connectivity index (χ4v) is 2.92. The van der Waals surface area contributed by atoms with Gasteiger partial charge in [-0.3, -0.25) is 10.1 Å². The van der Waals surface area contributed by atoms with Gasteiger partial charge in [-0.1, -0.05) is 5.92 Å². The van der Waals surface area contributed by atoms with Gasteiger partial charge in [0.15, 0.2) is 11.8 Å². The first kappa shape index (κ1) is 18.6. The van der Waals surface area contributed by atoms with Crippen LogP contribution in [-0.2, 0) is 5.75 Å². The molecule has 11 heteroatoms. The Bertz CT molecular complexity index is 617. The van der Waals surface area contributed by atoms with Crippen molar-refractivity contribution in [1.29, 1.82) is 0 Å². The van der Waals surface area contributed by atoms with Crippen molar-refractivity contribution in [3.05, 3.63) is 33.2 Å². The molecule has 0 atom stereocenters. The Morgan fingerprint density at radius 2 is 2.39 bits per heavy atom. The first-order valence-electron chi connectivity index (χ1n) is 6.39. The monoisotopic (exact) mass is 355 g/mol. The second kappa shape index (κ2) is 10.3. The first-order valence-corrected chi connectivity index (χ1v) is 8.43. The average molecular weight is 355 g/mol. The summed E-state index contributed by atoms with van der Waals surface area (Å²) in [7, 11) is 0. The lowest BCUT2D eigenvalue weighted by atomic mass is 10.6. The normalized spacial score (nSPS) is 10.7. The van der Waals surface area contributed by atoms with Crippen molar-refractivity contribution in [3.63, 3.8) is 0 Å². The van der Waals surface area contributed by atoms with Gasteiger partial charge in [0, 0.05) is 23.4 Å². The Labute approximate surface area is 141 Å². The van der Waals surface area contributed by atoms with Crippen molar-refractivity contribution in [2.75, 3.05) is 18.8 Å². The molecule has 0 unspecified atom stereocenters. The molecule has 0 amide bonds. The van der Waals surface area contributed by atoms with Crippen LogP contribution in [0.4, 0.5) is 5.13 Å². The second-order valence-electron chi connectivity index (χ2n) is 4.02. The number of aromatic nitrogens is 1. The van der Waals surface area contributed by atoms with Crippen LogP contribution in [0.3, 0.4) is 0 Å². The molecule has 0 bridgehead atoms. The van der Waals surface area contributed by atoms with Crippen LogP contribution in [0.15, 0.2) is 22.4 Å². The molecule has 1 rings (SSSR count). The van der Waals surface area contributed by atoms with Gasteiger partial charge in [-0.05, 0) is 0 Å². The molecule has 0 aliphatic heterocycles. The lowest BCUT2D eigenvalue weighted by Crippen LogP contribution is -2.29. The van der Waals surface area contributed by atoms with Crippen molar-refractivity contribution in [2.45, 2.75) is 5.75 Å². The maximum absolute atomic E-state index is 10.5. The molecule has 0 fully saturated rings. The van der Waals surface area contributed by atoms with E-state index >= 15 is 0 Å². The summed E-state index contributed by atoms with van der Waals surface area (Å²) in [6, 6.07) is 0.